The Morgan fingerprint density at radius 2 is 1.85 bits per heavy atom. The summed E-state index contributed by atoms with van der Waals surface area (Å²) in [5, 5.41) is 9.02. The molecular weight excluding hydrogens is 172 g/mol. The third-order valence-electron chi connectivity index (χ3n) is 1.69. The fourth-order valence-electron chi connectivity index (χ4n) is 0.885. The molecule has 0 heterocycles. The number of ether oxygens (including phenoxy) is 3. The second kappa shape index (κ2) is 9.92. The third kappa shape index (κ3) is 9.76. The first-order chi connectivity index (χ1) is 6.31. The average molecular weight is 192 g/mol. The predicted octanol–water partition coefficient (Wildman–Crippen LogP) is 0.784. The van der Waals surface area contributed by atoms with E-state index in [0.717, 1.165) is 19.4 Å². The topological polar surface area (TPSA) is 47.9 Å². The Hall–Kier alpha value is -0.160. The lowest BCUT2D eigenvalue weighted by molar-refractivity contribution is -0.0799. The lowest BCUT2D eigenvalue weighted by atomic mass is 10.2. The molecule has 0 radical (unpaired) electrons. The van der Waals surface area contributed by atoms with Gasteiger partial charge in [-0.25, -0.2) is 0 Å². The van der Waals surface area contributed by atoms with Crippen LogP contribution in [0.15, 0.2) is 0 Å². The summed E-state index contributed by atoms with van der Waals surface area (Å²) in [6, 6.07) is 0. The van der Waals surface area contributed by atoms with Gasteiger partial charge in [0.1, 0.15) is 0 Å². The Balaban J connectivity index is 2.91. The maximum absolute atomic E-state index is 9.02. The standard InChI is InChI=1S/C9H20O4/c1-11-7-8-13-6-4-3-5-9(10)12-2/h9-10H,3-8H2,1-2H3. The summed E-state index contributed by atoms with van der Waals surface area (Å²) in [6.45, 7) is 2.00. The minimum atomic E-state index is -0.626. The van der Waals surface area contributed by atoms with Gasteiger partial charge in [0.15, 0.2) is 6.29 Å². The van der Waals surface area contributed by atoms with Crippen LogP contribution in [0.1, 0.15) is 19.3 Å². The van der Waals surface area contributed by atoms with E-state index < -0.39 is 6.29 Å². The number of aliphatic hydroxyl groups is 1. The molecule has 0 saturated carbocycles. The zero-order valence-electron chi connectivity index (χ0n) is 8.49. The van der Waals surface area contributed by atoms with E-state index >= 15 is 0 Å². The average Bonchev–Trinajstić information content (AvgIpc) is 2.16. The van der Waals surface area contributed by atoms with Crippen molar-refractivity contribution in [3.8, 4) is 0 Å². The van der Waals surface area contributed by atoms with E-state index in [2.05, 4.69) is 0 Å². The number of aliphatic hydroxyl groups excluding tert-OH is 1. The molecule has 0 rings (SSSR count). The van der Waals surface area contributed by atoms with Gasteiger partial charge in [-0.3, -0.25) is 0 Å². The van der Waals surface area contributed by atoms with Crippen LogP contribution >= 0.6 is 0 Å². The van der Waals surface area contributed by atoms with Crippen LogP contribution in [0.4, 0.5) is 0 Å². The second-order valence-corrected chi connectivity index (χ2v) is 2.79. The quantitative estimate of drug-likeness (QED) is 0.433. The van der Waals surface area contributed by atoms with Crippen molar-refractivity contribution in [2.75, 3.05) is 34.0 Å². The van der Waals surface area contributed by atoms with Crippen molar-refractivity contribution in [1.82, 2.24) is 0 Å². The van der Waals surface area contributed by atoms with Crippen molar-refractivity contribution in [1.29, 1.82) is 0 Å². The Morgan fingerprint density at radius 1 is 1.08 bits per heavy atom. The molecule has 4 heteroatoms. The molecule has 0 aromatic rings. The van der Waals surface area contributed by atoms with Crippen molar-refractivity contribution in [3.05, 3.63) is 0 Å². The van der Waals surface area contributed by atoms with Crippen molar-refractivity contribution in [2.45, 2.75) is 25.6 Å². The van der Waals surface area contributed by atoms with Crippen molar-refractivity contribution in [3.63, 3.8) is 0 Å². The molecule has 80 valence electrons. The monoisotopic (exact) mass is 192 g/mol. The molecule has 0 aromatic heterocycles. The smallest absolute Gasteiger partial charge is 0.154 e. The summed E-state index contributed by atoms with van der Waals surface area (Å²) >= 11 is 0. The summed E-state index contributed by atoms with van der Waals surface area (Å²) in [6.07, 6.45) is 1.91. The molecule has 0 bridgehead atoms. The van der Waals surface area contributed by atoms with Crippen LogP contribution in [-0.2, 0) is 14.2 Å². The highest BCUT2D eigenvalue weighted by Crippen LogP contribution is 2.01. The molecule has 0 aliphatic heterocycles. The highest BCUT2D eigenvalue weighted by Gasteiger charge is 1.99. The van der Waals surface area contributed by atoms with Crippen molar-refractivity contribution >= 4 is 0 Å². The molecular formula is C9H20O4. The second-order valence-electron chi connectivity index (χ2n) is 2.79. The number of hydrogen-bond acceptors (Lipinski definition) is 4. The Bertz CT molecular complexity index is 97.6. The van der Waals surface area contributed by atoms with E-state index in [0.29, 0.717) is 19.6 Å². The van der Waals surface area contributed by atoms with Gasteiger partial charge in [-0.1, -0.05) is 0 Å². The maximum atomic E-state index is 9.02. The van der Waals surface area contributed by atoms with Crippen LogP contribution in [0.3, 0.4) is 0 Å². The van der Waals surface area contributed by atoms with Gasteiger partial charge in [-0.05, 0) is 19.3 Å². The molecule has 0 aliphatic carbocycles. The van der Waals surface area contributed by atoms with E-state index in [1.165, 1.54) is 7.11 Å². The number of hydrogen-bond donors (Lipinski definition) is 1. The first-order valence-electron chi connectivity index (χ1n) is 4.58. The number of rotatable bonds is 9. The van der Waals surface area contributed by atoms with E-state index in [1.807, 2.05) is 0 Å². The molecule has 0 aromatic carbocycles. The number of methoxy groups -OCH3 is 2. The van der Waals surface area contributed by atoms with E-state index in [9.17, 15) is 0 Å². The largest absolute Gasteiger partial charge is 0.382 e. The highest BCUT2D eigenvalue weighted by molar-refractivity contribution is 4.43. The van der Waals surface area contributed by atoms with Gasteiger partial charge >= 0.3 is 0 Å². The van der Waals surface area contributed by atoms with Crippen LogP contribution in [0, 0.1) is 0 Å². The minimum Gasteiger partial charge on any atom is -0.382 e. The van der Waals surface area contributed by atoms with Gasteiger partial charge in [0, 0.05) is 20.8 Å². The lowest BCUT2D eigenvalue weighted by Gasteiger charge is -2.07. The molecule has 0 saturated heterocycles. The molecule has 13 heavy (non-hydrogen) atoms. The van der Waals surface area contributed by atoms with Crippen molar-refractivity contribution in [2.24, 2.45) is 0 Å². The summed E-state index contributed by atoms with van der Waals surface area (Å²) in [4.78, 5) is 0. The lowest BCUT2D eigenvalue weighted by Crippen LogP contribution is -2.09. The fraction of sp³-hybridized carbons (Fsp3) is 1.00. The van der Waals surface area contributed by atoms with Crippen LogP contribution in [0.5, 0.6) is 0 Å². The zero-order chi connectivity index (χ0) is 9.94. The van der Waals surface area contributed by atoms with Gasteiger partial charge in [-0.2, -0.15) is 0 Å². The Labute approximate surface area is 79.8 Å². The molecule has 1 unspecified atom stereocenters. The van der Waals surface area contributed by atoms with E-state index in [1.54, 1.807) is 7.11 Å². The van der Waals surface area contributed by atoms with Crippen LogP contribution in [0.2, 0.25) is 0 Å². The van der Waals surface area contributed by atoms with Gasteiger partial charge in [-0.15, -0.1) is 0 Å². The molecule has 0 amide bonds. The summed E-state index contributed by atoms with van der Waals surface area (Å²) in [7, 11) is 3.15. The maximum Gasteiger partial charge on any atom is 0.154 e. The van der Waals surface area contributed by atoms with E-state index in [-0.39, 0.29) is 0 Å². The zero-order valence-corrected chi connectivity index (χ0v) is 8.49. The molecule has 4 nitrogen and oxygen atoms in total. The summed E-state index contributed by atoms with van der Waals surface area (Å²) in [5.41, 5.74) is 0. The van der Waals surface area contributed by atoms with Gasteiger partial charge in [0.2, 0.25) is 0 Å². The molecule has 1 atom stereocenters. The van der Waals surface area contributed by atoms with Crippen LogP contribution in [-0.4, -0.2) is 45.4 Å². The molecule has 0 aliphatic rings. The fourth-order valence-corrected chi connectivity index (χ4v) is 0.885. The normalized spacial score (nSPS) is 13.2. The van der Waals surface area contributed by atoms with Crippen LogP contribution < -0.4 is 0 Å². The van der Waals surface area contributed by atoms with Gasteiger partial charge in [0.05, 0.1) is 13.2 Å². The molecule has 0 spiro atoms. The first-order valence-corrected chi connectivity index (χ1v) is 4.58. The van der Waals surface area contributed by atoms with Crippen LogP contribution in [0.25, 0.3) is 0 Å². The minimum absolute atomic E-state index is 0.626. The Morgan fingerprint density at radius 3 is 2.46 bits per heavy atom. The highest BCUT2D eigenvalue weighted by atomic mass is 16.6. The Kier molecular flexibility index (Phi) is 9.80. The summed E-state index contributed by atoms with van der Waals surface area (Å²) in [5.74, 6) is 0. The molecule has 1 N–H and O–H groups in total. The molecule has 0 fully saturated rings. The first kappa shape index (κ1) is 12.8. The van der Waals surface area contributed by atoms with Gasteiger partial charge < -0.3 is 19.3 Å². The van der Waals surface area contributed by atoms with Crippen molar-refractivity contribution < 1.29 is 19.3 Å². The van der Waals surface area contributed by atoms with E-state index in [4.69, 9.17) is 19.3 Å². The third-order valence-corrected chi connectivity index (χ3v) is 1.69. The SMILES string of the molecule is COCCOCCCCC(O)OC. The summed E-state index contributed by atoms with van der Waals surface area (Å²) < 4.78 is 14.8. The predicted molar refractivity (Wildman–Crippen MR) is 49.6 cm³/mol. The van der Waals surface area contributed by atoms with Gasteiger partial charge in [0.25, 0.3) is 0 Å². The number of unbranched alkanes of at least 4 members (excludes halogenated alkanes) is 1.